The first-order valence-corrected chi connectivity index (χ1v) is 18.7. The highest BCUT2D eigenvalue weighted by Crippen LogP contribution is 2.54. The minimum absolute atomic E-state index is 0.0991. The van der Waals surface area contributed by atoms with Gasteiger partial charge in [-0.1, -0.05) is 123 Å². The molecule has 10 aromatic rings. The standard InChI is InChI=1S/C49H33NOS/c1-49(2)41-13-6-3-12-38(41)47-42(49)14-9-15-43(47)50(34-25-27-45-40(29-34)35-10-4-7-16-44(35)51-45)33-23-20-30(21-24-33)32-19-18-31-22-26-37-36-11-5-8-17-46(36)52-48(37)39(31)28-32/h3-29H,1-2H3. The molecule has 0 N–H and O–H groups in total. The smallest absolute Gasteiger partial charge is 0.135 e. The van der Waals surface area contributed by atoms with Crippen molar-refractivity contribution in [1.29, 1.82) is 0 Å². The van der Waals surface area contributed by atoms with Crippen molar-refractivity contribution in [3.8, 4) is 22.3 Å². The van der Waals surface area contributed by atoms with E-state index in [0.717, 1.165) is 33.3 Å². The third kappa shape index (κ3) is 4.23. The van der Waals surface area contributed by atoms with Gasteiger partial charge in [0.25, 0.3) is 0 Å². The Bertz CT molecular complexity index is 3050. The fourth-order valence-electron chi connectivity index (χ4n) is 8.69. The van der Waals surface area contributed by atoms with Crippen LogP contribution in [0.2, 0.25) is 0 Å². The van der Waals surface area contributed by atoms with E-state index < -0.39 is 0 Å². The summed E-state index contributed by atoms with van der Waals surface area (Å²) in [5.74, 6) is 0. The second kappa shape index (κ2) is 10.9. The third-order valence-electron chi connectivity index (χ3n) is 11.3. The van der Waals surface area contributed by atoms with Crippen LogP contribution in [0.4, 0.5) is 17.1 Å². The molecule has 0 unspecified atom stereocenters. The lowest BCUT2D eigenvalue weighted by Crippen LogP contribution is -2.16. The molecule has 2 heterocycles. The van der Waals surface area contributed by atoms with Crippen LogP contribution in [0.15, 0.2) is 168 Å². The predicted molar refractivity (Wildman–Crippen MR) is 222 cm³/mol. The first-order chi connectivity index (χ1) is 25.5. The van der Waals surface area contributed by atoms with E-state index in [-0.39, 0.29) is 5.41 Å². The number of rotatable bonds is 4. The molecule has 0 radical (unpaired) electrons. The Morgan fingerprint density at radius 2 is 1.21 bits per heavy atom. The van der Waals surface area contributed by atoms with Gasteiger partial charge < -0.3 is 9.32 Å². The summed E-state index contributed by atoms with van der Waals surface area (Å²) in [6.07, 6.45) is 0. The normalized spacial score (nSPS) is 13.3. The average molecular weight is 684 g/mol. The van der Waals surface area contributed by atoms with Crippen molar-refractivity contribution in [3.05, 3.63) is 175 Å². The number of benzene rings is 8. The Morgan fingerprint density at radius 3 is 2.12 bits per heavy atom. The molecule has 0 fully saturated rings. The van der Waals surface area contributed by atoms with Crippen LogP contribution in [0.3, 0.4) is 0 Å². The maximum absolute atomic E-state index is 6.27. The van der Waals surface area contributed by atoms with Gasteiger partial charge in [-0.3, -0.25) is 0 Å². The van der Waals surface area contributed by atoms with Crippen molar-refractivity contribution < 1.29 is 4.42 Å². The van der Waals surface area contributed by atoms with Crippen LogP contribution in [0.5, 0.6) is 0 Å². The van der Waals surface area contributed by atoms with Crippen molar-refractivity contribution in [2.75, 3.05) is 4.90 Å². The summed E-state index contributed by atoms with van der Waals surface area (Å²) < 4.78 is 8.95. The molecule has 2 nitrogen and oxygen atoms in total. The highest BCUT2D eigenvalue weighted by Gasteiger charge is 2.37. The zero-order valence-electron chi connectivity index (χ0n) is 28.9. The van der Waals surface area contributed by atoms with E-state index in [0.29, 0.717) is 0 Å². The van der Waals surface area contributed by atoms with Crippen LogP contribution in [-0.2, 0) is 5.41 Å². The van der Waals surface area contributed by atoms with E-state index in [9.17, 15) is 0 Å². The van der Waals surface area contributed by atoms with E-state index in [1.165, 1.54) is 70.0 Å². The number of nitrogens with zero attached hydrogens (tertiary/aromatic N) is 1. The Morgan fingerprint density at radius 1 is 0.500 bits per heavy atom. The van der Waals surface area contributed by atoms with Gasteiger partial charge in [0.05, 0.1) is 5.69 Å². The van der Waals surface area contributed by atoms with Crippen LogP contribution in [0, 0.1) is 0 Å². The summed E-state index contributed by atoms with van der Waals surface area (Å²) in [5.41, 5.74) is 12.8. The first kappa shape index (κ1) is 29.6. The molecule has 0 atom stereocenters. The lowest BCUT2D eigenvalue weighted by atomic mass is 9.82. The number of hydrogen-bond donors (Lipinski definition) is 0. The Balaban J connectivity index is 1.09. The molecular formula is C49H33NOS. The molecule has 0 amide bonds. The Kier molecular flexibility index (Phi) is 6.21. The summed E-state index contributed by atoms with van der Waals surface area (Å²) in [4.78, 5) is 2.43. The van der Waals surface area contributed by atoms with Gasteiger partial charge in [0.2, 0.25) is 0 Å². The van der Waals surface area contributed by atoms with Crippen LogP contribution in [0.25, 0.3) is 75.1 Å². The van der Waals surface area contributed by atoms with Gasteiger partial charge in [-0.2, -0.15) is 0 Å². The quantitative estimate of drug-likeness (QED) is 0.184. The number of para-hydroxylation sites is 1. The topological polar surface area (TPSA) is 16.4 Å². The van der Waals surface area contributed by atoms with Gasteiger partial charge in [-0.25, -0.2) is 0 Å². The van der Waals surface area contributed by atoms with Crippen LogP contribution >= 0.6 is 11.3 Å². The van der Waals surface area contributed by atoms with Gasteiger partial charge >= 0.3 is 0 Å². The van der Waals surface area contributed by atoms with E-state index in [1.807, 2.05) is 23.5 Å². The first-order valence-electron chi connectivity index (χ1n) is 17.9. The monoisotopic (exact) mass is 683 g/mol. The van der Waals surface area contributed by atoms with Crippen molar-refractivity contribution in [1.82, 2.24) is 0 Å². The second-order valence-electron chi connectivity index (χ2n) is 14.5. The van der Waals surface area contributed by atoms with Crippen molar-refractivity contribution in [3.63, 3.8) is 0 Å². The molecule has 246 valence electrons. The van der Waals surface area contributed by atoms with Crippen molar-refractivity contribution >= 4 is 81.3 Å². The largest absolute Gasteiger partial charge is 0.456 e. The Labute approximate surface area is 305 Å². The highest BCUT2D eigenvalue weighted by atomic mass is 32.1. The van der Waals surface area contributed by atoms with E-state index in [4.69, 9.17) is 4.42 Å². The third-order valence-corrected chi connectivity index (χ3v) is 12.5. The number of fused-ring (bicyclic) bond motifs is 11. The SMILES string of the molecule is CC1(C)c2ccccc2-c2c(N(c3ccc(-c4ccc5ccc6c7ccccc7sc6c5c4)cc3)c3ccc4oc5ccccc5c4c3)cccc21. The summed E-state index contributed by atoms with van der Waals surface area (Å²) in [6, 6.07) is 60.0. The van der Waals surface area contributed by atoms with Gasteiger partial charge in [0.15, 0.2) is 0 Å². The number of hydrogen-bond acceptors (Lipinski definition) is 3. The molecule has 0 bridgehead atoms. The molecule has 2 aromatic heterocycles. The zero-order valence-corrected chi connectivity index (χ0v) is 29.7. The number of thiophene rings is 1. The summed E-state index contributed by atoms with van der Waals surface area (Å²) in [6.45, 7) is 4.70. The van der Waals surface area contributed by atoms with E-state index in [1.54, 1.807) is 0 Å². The van der Waals surface area contributed by atoms with Gasteiger partial charge in [-0.05, 0) is 87.8 Å². The predicted octanol–water partition coefficient (Wildman–Crippen LogP) is 14.6. The summed E-state index contributed by atoms with van der Waals surface area (Å²) >= 11 is 1.89. The number of anilines is 3. The highest BCUT2D eigenvalue weighted by molar-refractivity contribution is 7.26. The van der Waals surface area contributed by atoms with Crippen molar-refractivity contribution in [2.24, 2.45) is 0 Å². The average Bonchev–Trinajstić information content (AvgIpc) is 3.83. The minimum Gasteiger partial charge on any atom is -0.456 e. The van der Waals surface area contributed by atoms with E-state index >= 15 is 0 Å². The van der Waals surface area contributed by atoms with Crippen molar-refractivity contribution in [2.45, 2.75) is 19.3 Å². The molecular weight excluding hydrogens is 651 g/mol. The van der Waals surface area contributed by atoms with Gasteiger partial charge in [0, 0.05) is 58.7 Å². The maximum atomic E-state index is 6.27. The fraction of sp³-hybridized carbons (Fsp3) is 0.0612. The molecule has 52 heavy (non-hydrogen) atoms. The summed E-state index contributed by atoms with van der Waals surface area (Å²) in [7, 11) is 0. The molecule has 0 aliphatic heterocycles. The molecule has 1 aliphatic carbocycles. The molecule has 3 heteroatoms. The molecule has 11 rings (SSSR count). The molecule has 0 spiro atoms. The Hall–Kier alpha value is -6.16. The maximum Gasteiger partial charge on any atom is 0.135 e. The lowest BCUT2D eigenvalue weighted by Gasteiger charge is -2.29. The molecule has 8 aromatic carbocycles. The van der Waals surface area contributed by atoms with Crippen LogP contribution in [-0.4, -0.2) is 0 Å². The lowest BCUT2D eigenvalue weighted by molar-refractivity contribution is 0.660. The van der Waals surface area contributed by atoms with Crippen LogP contribution in [0.1, 0.15) is 25.0 Å². The second-order valence-corrected chi connectivity index (χ2v) is 15.6. The summed E-state index contributed by atoms with van der Waals surface area (Å²) in [5, 5.41) is 7.49. The van der Waals surface area contributed by atoms with Gasteiger partial charge in [0.1, 0.15) is 11.2 Å². The van der Waals surface area contributed by atoms with E-state index in [2.05, 4.69) is 170 Å². The number of furan rings is 1. The fourth-order valence-corrected chi connectivity index (χ4v) is 9.92. The van der Waals surface area contributed by atoms with Gasteiger partial charge in [-0.15, -0.1) is 11.3 Å². The molecule has 0 saturated carbocycles. The van der Waals surface area contributed by atoms with Crippen LogP contribution < -0.4 is 4.90 Å². The minimum atomic E-state index is -0.0991. The molecule has 1 aliphatic rings. The zero-order chi connectivity index (χ0) is 34.6. The molecule has 0 saturated heterocycles.